The smallest absolute Gasteiger partial charge is 0.339 e. The molecule has 6 nitrogen and oxygen atoms in total. The molecule has 188 valence electrons. The van der Waals surface area contributed by atoms with Crippen molar-refractivity contribution in [3.05, 3.63) is 83.4 Å². The van der Waals surface area contributed by atoms with E-state index < -0.39 is 20.2 Å². The van der Waals surface area contributed by atoms with Gasteiger partial charge in [-0.25, -0.2) is 0 Å². The second-order valence-corrected chi connectivity index (χ2v) is 13.6. The summed E-state index contributed by atoms with van der Waals surface area (Å²) in [5, 5.41) is 0. The summed E-state index contributed by atoms with van der Waals surface area (Å²) in [6, 6.07) is 17.3. The Morgan fingerprint density at radius 2 is 0.971 bits per heavy atom. The zero-order valence-corrected chi connectivity index (χ0v) is 22.7. The van der Waals surface area contributed by atoms with Crippen molar-refractivity contribution in [1.29, 1.82) is 0 Å². The summed E-state index contributed by atoms with van der Waals surface area (Å²) in [5.41, 5.74) is 2.21. The first-order valence-corrected chi connectivity index (χ1v) is 14.0. The molecule has 0 heterocycles. The number of benzene rings is 3. The monoisotopic (exact) mass is 516 g/mol. The van der Waals surface area contributed by atoms with E-state index in [0.29, 0.717) is 5.56 Å². The third-order valence-corrected chi connectivity index (χ3v) is 8.08. The quantitative estimate of drug-likeness (QED) is 0.367. The molecule has 8 heteroatoms. The maximum atomic E-state index is 12.8. The van der Waals surface area contributed by atoms with Gasteiger partial charge in [0.15, 0.2) is 0 Å². The number of aryl methyl sites for hydroxylation is 1. The van der Waals surface area contributed by atoms with E-state index >= 15 is 0 Å². The first-order chi connectivity index (χ1) is 16.0. The first-order valence-electron chi connectivity index (χ1n) is 11.2. The van der Waals surface area contributed by atoms with E-state index in [1.165, 1.54) is 42.5 Å². The molecule has 0 saturated carbocycles. The molecule has 0 fully saturated rings. The van der Waals surface area contributed by atoms with Crippen LogP contribution in [-0.4, -0.2) is 16.8 Å². The fourth-order valence-electron chi connectivity index (χ4n) is 3.35. The minimum atomic E-state index is -4.06. The molecule has 0 N–H and O–H groups in total. The summed E-state index contributed by atoms with van der Waals surface area (Å²) >= 11 is 0. The molecule has 3 aromatic carbocycles. The standard InChI is InChI=1S/C27H32O6S2/c1-19-18-22(32-34(28,29)23-13-8-20(9-14-23)26(2,3)4)12-17-25(19)33-35(30,31)24-15-10-21(11-16-24)27(5,6)7/h8-18H,1-7H3. The van der Waals surface area contributed by atoms with Crippen molar-refractivity contribution in [3.63, 3.8) is 0 Å². The first kappa shape index (κ1) is 26.8. The second-order valence-electron chi connectivity index (χ2n) is 10.6. The number of hydrogen-bond acceptors (Lipinski definition) is 6. The summed E-state index contributed by atoms with van der Waals surface area (Å²) in [5.74, 6) is 0.144. The molecule has 0 spiro atoms. The van der Waals surface area contributed by atoms with Crippen LogP contribution in [0.5, 0.6) is 11.5 Å². The van der Waals surface area contributed by atoms with Crippen molar-refractivity contribution in [2.75, 3.05) is 0 Å². The Hall–Kier alpha value is -2.84. The van der Waals surface area contributed by atoms with E-state index in [1.807, 2.05) is 41.5 Å². The second kappa shape index (κ2) is 9.32. The molecule has 0 unspecified atom stereocenters. The van der Waals surface area contributed by atoms with Gasteiger partial charge in [-0.3, -0.25) is 0 Å². The van der Waals surface area contributed by atoms with Crippen LogP contribution in [0.15, 0.2) is 76.5 Å². The van der Waals surface area contributed by atoms with Crippen molar-refractivity contribution in [2.45, 2.75) is 69.1 Å². The van der Waals surface area contributed by atoms with Gasteiger partial charge in [-0.1, -0.05) is 65.8 Å². The number of rotatable bonds is 6. The molecular formula is C27H32O6S2. The zero-order valence-electron chi connectivity index (χ0n) is 21.1. The third-order valence-electron chi connectivity index (χ3n) is 5.57. The summed E-state index contributed by atoms with van der Waals surface area (Å²) in [7, 11) is -8.12. The van der Waals surface area contributed by atoms with Crippen molar-refractivity contribution in [1.82, 2.24) is 0 Å². The Bertz CT molecular complexity index is 1410. The minimum Gasteiger partial charge on any atom is -0.379 e. The molecule has 0 aliphatic heterocycles. The van der Waals surface area contributed by atoms with Gasteiger partial charge < -0.3 is 8.37 Å². The normalized spacial score (nSPS) is 12.9. The molecule has 0 saturated heterocycles. The lowest BCUT2D eigenvalue weighted by atomic mass is 9.87. The van der Waals surface area contributed by atoms with Gasteiger partial charge in [0.25, 0.3) is 0 Å². The van der Waals surface area contributed by atoms with E-state index in [4.69, 9.17) is 8.37 Å². The van der Waals surface area contributed by atoms with Crippen LogP contribution >= 0.6 is 0 Å². The van der Waals surface area contributed by atoms with Crippen LogP contribution in [0.1, 0.15) is 58.2 Å². The zero-order chi connectivity index (χ0) is 26.2. The molecule has 0 aromatic heterocycles. The summed E-state index contributed by atoms with van der Waals surface area (Å²) < 4.78 is 61.6. The van der Waals surface area contributed by atoms with Crippen LogP contribution in [0.3, 0.4) is 0 Å². The van der Waals surface area contributed by atoms with Crippen LogP contribution in [0, 0.1) is 6.92 Å². The number of hydrogen-bond donors (Lipinski definition) is 0. The van der Waals surface area contributed by atoms with Crippen molar-refractivity contribution < 1.29 is 25.2 Å². The average Bonchev–Trinajstić information content (AvgIpc) is 2.74. The fourth-order valence-corrected chi connectivity index (χ4v) is 5.26. The van der Waals surface area contributed by atoms with Crippen molar-refractivity contribution in [2.24, 2.45) is 0 Å². The van der Waals surface area contributed by atoms with Gasteiger partial charge >= 0.3 is 20.2 Å². The molecule has 3 aromatic rings. The van der Waals surface area contributed by atoms with Crippen LogP contribution in [-0.2, 0) is 31.1 Å². The summed E-state index contributed by atoms with van der Waals surface area (Å²) in [6.45, 7) is 13.9. The van der Waals surface area contributed by atoms with Gasteiger partial charge in [0.1, 0.15) is 21.3 Å². The predicted molar refractivity (Wildman–Crippen MR) is 137 cm³/mol. The van der Waals surface area contributed by atoms with Crippen LogP contribution in [0.2, 0.25) is 0 Å². The Labute approximate surface area is 209 Å². The van der Waals surface area contributed by atoms with E-state index in [1.54, 1.807) is 31.2 Å². The van der Waals surface area contributed by atoms with E-state index in [2.05, 4.69) is 0 Å². The molecule has 3 rings (SSSR count). The Morgan fingerprint density at radius 1 is 0.571 bits per heavy atom. The minimum absolute atomic E-state index is 0.0322. The highest BCUT2D eigenvalue weighted by Gasteiger charge is 2.22. The molecule has 0 aliphatic rings. The SMILES string of the molecule is Cc1cc(OS(=O)(=O)c2ccc(C(C)(C)C)cc2)ccc1OS(=O)(=O)c1ccc(C(C)(C)C)cc1. The fraction of sp³-hybridized carbons (Fsp3) is 0.333. The van der Waals surface area contributed by atoms with Gasteiger partial charge in [-0.2, -0.15) is 16.8 Å². The topological polar surface area (TPSA) is 86.7 Å². The molecule has 0 bridgehead atoms. The summed E-state index contributed by atoms with van der Waals surface area (Å²) in [4.78, 5) is 0.0660. The van der Waals surface area contributed by atoms with Gasteiger partial charge in [0.2, 0.25) is 0 Å². The molecule has 35 heavy (non-hydrogen) atoms. The van der Waals surface area contributed by atoms with Gasteiger partial charge in [-0.05, 0) is 76.9 Å². The molecule has 0 aliphatic carbocycles. The van der Waals surface area contributed by atoms with Gasteiger partial charge in [0.05, 0.1) is 0 Å². The molecule has 0 atom stereocenters. The summed E-state index contributed by atoms with van der Waals surface area (Å²) in [6.07, 6.45) is 0. The van der Waals surface area contributed by atoms with Crippen LogP contribution in [0.4, 0.5) is 0 Å². The highest BCUT2D eigenvalue weighted by molar-refractivity contribution is 7.87. The van der Waals surface area contributed by atoms with Gasteiger partial charge in [-0.15, -0.1) is 0 Å². The van der Waals surface area contributed by atoms with Crippen molar-refractivity contribution >= 4 is 20.2 Å². The van der Waals surface area contributed by atoms with Crippen LogP contribution in [0.25, 0.3) is 0 Å². The Morgan fingerprint density at radius 3 is 1.34 bits per heavy atom. The molecule has 0 amide bonds. The van der Waals surface area contributed by atoms with Gasteiger partial charge in [0, 0.05) is 0 Å². The van der Waals surface area contributed by atoms with E-state index in [-0.39, 0.29) is 32.1 Å². The predicted octanol–water partition coefficient (Wildman–Crippen LogP) is 6.13. The lowest BCUT2D eigenvalue weighted by molar-refractivity contribution is 0.476. The third kappa shape index (κ3) is 6.44. The maximum absolute atomic E-state index is 12.8. The lowest BCUT2D eigenvalue weighted by Crippen LogP contribution is -2.14. The maximum Gasteiger partial charge on any atom is 0.339 e. The highest BCUT2D eigenvalue weighted by atomic mass is 32.2. The Kier molecular flexibility index (Phi) is 7.12. The highest BCUT2D eigenvalue weighted by Crippen LogP contribution is 2.30. The molecule has 0 radical (unpaired) electrons. The van der Waals surface area contributed by atoms with E-state index in [0.717, 1.165) is 11.1 Å². The molecular weight excluding hydrogens is 484 g/mol. The van der Waals surface area contributed by atoms with E-state index in [9.17, 15) is 16.8 Å². The lowest BCUT2D eigenvalue weighted by Gasteiger charge is -2.19. The van der Waals surface area contributed by atoms with Crippen LogP contribution < -0.4 is 8.37 Å². The Balaban J connectivity index is 1.78. The average molecular weight is 517 g/mol. The van der Waals surface area contributed by atoms with Crippen molar-refractivity contribution in [3.8, 4) is 11.5 Å². The largest absolute Gasteiger partial charge is 0.379 e.